The van der Waals surface area contributed by atoms with Crippen molar-refractivity contribution in [2.24, 2.45) is 11.8 Å². The number of carbonyl (C=O) groups excluding carboxylic acids is 2. The number of alkyl halides is 5. The van der Waals surface area contributed by atoms with Crippen LogP contribution in [0.25, 0.3) is 0 Å². The van der Waals surface area contributed by atoms with Gasteiger partial charge in [-0.3, -0.25) is 4.79 Å². The predicted octanol–water partition coefficient (Wildman–Crippen LogP) is 3.68. The minimum atomic E-state index is -4.59. The lowest BCUT2D eigenvalue weighted by Gasteiger charge is -2.45. The van der Waals surface area contributed by atoms with E-state index in [1.807, 2.05) is 0 Å². The van der Waals surface area contributed by atoms with Crippen molar-refractivity contribution in [1.82, 2.24) is 9.80 Å². The molecule has 0 spiro atoms. The van der Waals surface area contributed by atoms with Gasteiger partial charge in [0.15, 0.2) is 0 Å². The quantitative estimate of drug-likeness (QED) is 0.665. The van der Waals surface area contributed by atoms with E-state index in [-0.39, 0.29) is 32.5 Å². The van der Waals surface area contributed by atoms with E-state index in [2.05, 4.69) is 0 Å². The van der Waals surface area contributed by atoms with Gasteiger partial charge in [-0.25, -0.2) is 13.6 Å². The van der Waals surface area contributed by atoms with Gasteiger partial charge in [0.25, 0.3) is 5.92 Å². The molecule has 156 valence electrons. The number of rotatable bonds is 2. The van der Waals surface area contributed by atoms with Gasteiger partial charge in [-0.05, 0) is 33.1 Å². The Morgan fingerprint density at radius 1 is 1.22 bits per heavy atom. The molecule has 0 saturated carbocycles. The molecule has 10 heteroatoms. The van der Waals surface area contributed by atoms with Crippen LogP contribution >= 0.6 is 0 Å². The molecule has 2 fully saturated rings. The second kappa shape index (κ2) is 7.43. The van der Waals surface area contributed by atoms with E-state index < -0.39 is 54.5 Å². The van der Waals surface area contributed by atoms with E-state index in [1.165, 1.54) is 4.90 Å². The van der Waals surface area contributed by atoms with Crippen LogP contribution in [0.4, 0.5) is 26.7 Å². The highest BCUT2D eigenvalue weighted by Gasteiger charge is 2.51. The summed E-state index contributed by atoms with van der Waals surface area (Å²) in [6, 6.07) is 0. The highest BCUT2D eigenvalue weighted by molar-refractivity contribution is 5.77. The first-order valence-electron chi connectivity index (χ1n) is 8.88. The summed E-state index contributed by atoms with van der Waals surface area (Å²) in [6.45, 7) is 2.64. The number of hydrogen-bond acceptors (Lipinski definition) is 3. The van der Waals surface area contributed by atoms with E-state index in [0.29, 0.717) is 4.90 Å². The fourth-order valence-corrected chi connectivity index (χ4v) is 3.56. The Bertz CT molecular complexity index is 574. The summed E-state index contributed by atoms with van der Waals surface area (Å²) in [7, 11) is 0. The van der Waals surface area contributed by atoms with Crippen LogP contribution in [0.3, 0.4) is 0 Å². The molecule has 2 heterocycles. The zero-order valence-corrected chi connectivity index (χ0v) is 15.6. The topological polar surface area (TPSA) is 49.9 Å². The summed E-state index contributed by atoms with van der Waals surface area (Å²) in [5.41, 5.74) is -0.784. The van der Waals surface area contributed by atoms with Crippen molar-refractivity contribution in [3.05, 3.63) is 0 Å². The number of nitrogens with zero attached hydrogens (tertiary/aromatic N) is 2. The maximum absolute atomic E-state index is 14.5. The van der Waals surface area contributed by atoms with Gasteiger partial charge in [0.05, 0.1) is 0 Å². The second-order valence-electron chi connectivity index (χ2n) is 8.23. The Labute approximate surface area is 154 Å². The van der Waals surface area contributed by atoms with Gasteiger partial charge in [0, 0.05) is 38.4 Å². The molecular formula is C17H25F5N2O3. The Morgan fingerprint density at radius 3 is 2.41 bits per heavy atom. The maximum atomic E-state index is 14.5. The number of ether oxygens (including phenoxy) is 1. The molecule has 2 atom stereocenters. The number of carbonyl (C=O) groups is 2. The van der Waals surface area contributed by atoms with Crippen molar-refractivity contribution in [1.29, 1.82) is 0 Å². The fraction of sp³-hybridized carbons (Fsp3) is 0.882. The fourth-order valence-electron chi connectivity index (χ4n) is 3.56. The SMILES string of the molecule is CC(C)(C)OC(=O)N1CCC(F)(F)C(C2CCC(=O)N(CC(F)(F)F)C2)C1. The molecule has 5 nitrogen and oxygen atoms in total. The maximum Gasteiger partial charge on any atom is 0.410 e. The molecule has 0 aromatic rings. The van der Waals surface area contributed by atoms with Crippen LogP contribution in [0, 0.1) is 11.8 Å². The molecule has 2 rings (SSSR count). The summed E-state index contributed by atoms with van der Waals surface area (Å²) >= 11 is 0. The van der Waals surface area contributed by atoms with Crippen LogP contribution in [0.1, 0.15) is 40.0 Å². The summed E-state index contributed by atoms with van der Waals surface area (Å²) in [4.78, 5) is 25.7. The number of hydrogen-bond donors (Lipinski definition) is 0. The smallest absolute Gasteiger partial charge is 0.410 e. The first kappa shape index (κ1) is 21.7. The largest absolute Gasteiger partial charge is 0.444 e. The molecule has 0 aromatic heterocycles. The molecule has 2 aliphatic heterocycles. The second-order valence-corrected chi connectivity index (χ2v) is 8.23. The van der Waals surface area contributed by atoms with Gasteiger partial charge in [-0.1, -0.05) is 0 Å². The Kier molecular flexibility index (Phi) is 5.96. The zero-order chi connectivity index (χ0) is 20.6. The van der Waals surface area contributed by atoms with Crippen LogP contribution in [0.2, 0.25) is 0 Å². The average molecular weight is 400 g/mol. The molecule has 0 aromatic carbocycles. The lowest BCUT2D eigenvalue weighted by Crippen LogP contribution is -2.56. The van der Waals surface area contributed by atoms with Gasteiger partial charge in [0.1, 0.15) is 12.1 Å². The van der Waals surface area contributed by atoms with Crippen LogP contribution in [-0.4, -0.2) is 65.7 Å². The molecule has 2 saturated heterocycles. The molecule has 0 bridgehead atoms. The molecule has 0 N–H and O–H groups in total. The number of amides is 2. The van der Waals surface area contributed by atoms with E-state index in [0.717, 1.165) is 0 Å². The normalized spacial score (nSPS) is 26.9. The van der Waals surface area contributed by atoms with E-state index in [4.69, 9.17) is 4.74 Å². The highest BCUT2D eigenvalue weighted by Crippen LogP contribution is 2.41. The van der Waals surface area contributed by atoms with E-state index in [1.54, 1.807) is 20.8 Å². The monoisotopic (exact) mass is 400 g/mol. The van der Waals surface area contributed by atoms with Crippen LogP contribution < -0.4 is 0 Å². The van der Waals surface area contributed by atoms with Crippen LogP contribution in [0.5, 0.6) is 0 Å². The van der Waals surface area contributed by atoms with Crippen molar-refractivity contribution in [3.8, 4) is 0 Å². The molecule has 2 aliphatic rings. The third-order valence-electron chi connectivity index (χ3n) is 4.80. The summed E-state index contributed by atoms with van der Waals surface area (Å²) < 4.78 is 72.1. The van der Waals surface area contributed by atoms with E-state index >= 15 is 0 Å². The lowest BCUT2D eigenvalue weighted by atomic mass is 9.78. The molecule has 2 unspecified atom stereocenters. The van der Waals surface area contributed by atoms with Gasteiger partial charge in [-0.2, -0.15) is 13.2 Å². The first-order valence-corrected chi connectivity index (χ1v) is 8.88. The van der Waals surface area contributed by atoms with Gasteiger partial charge in [-0.15, -0.1) is 0 Å². The Morgan fingerprint density at radius 2 is 1.85 bits per heavy atom. The van der Waals surface area contributed by atoms with Crippen molar-refractivity contribution >= 4 is 12.0 Å². The van der Waals surface area contributed by atoms with Crippen molar-refractivity contribution in [2.45, 2.75) is 57.7 Å². The van der Waals surface area contributed by atoms with Gasteiger partial charge >= 0.3 is 12.3 Å². The van der Waals surface area contributed by atoms with Gasteiger partial charge < -0.3 is 14.5 Å². The number of halogens is 5. The van der Waals surface area contributed by atoms with E-state index in [9.17, 15) is 31.5 Å². The van der Waals surface area contributed by atoms with Crippen LogP contribution in [-0.2, 0) is 9.53 Å². The third-order valence-corrected chi connectivity index (χ3v) is 4.80. The minimum absolute atomic E-state index is 0.0790. The third kappa shape index (κ3) is 5.93. The van der Waals surface area contributed by atoms with Crippen LogP contribution in [0.15, 0.2) is 0 Å². The Hall–Kier alpha value is -1.61. The molecule has 27 heavy (non-hydrogen) atoms. The molecule has 0 radical (unpaired) electrons. The zero-order valence-electron chi connectivity index (χ0n) is 15.6. The first-order chi connectivity index (χ1) is 12.2. The Balaban J connectivity index is 2.11. The summed E-state index contributed by atoms with van der Waals surface area (Å²) in [5.74, 6) is -5.94. The standard InChI is InChI=1S/C17H25F5N2O3/c1-15(2,3)27-14(26)23-7-6-16(18,19)12(9-23)11-4-5-13(25)24(8-11)10-17(20,21)22/h11-12H,4-10H2,1-3H3. The summed E-state index contributed by atoms with van der Waals surface area (Å²) in [6.07, 6.45) is -6.02. The average Bonchev–Trinajstić information content (AvgIpc) is 2.46. The predicted molar refractivity (Wildman–Crippen MR) is 86.2 cm³/mol. The van der Waals surface area contributed by atoms with Gasteiger partial charge in [0.2, 0.25) is 5.91 Å². The van der Waals surface area contributed by atoms with Crippen molar-refractivity contribution in [3.63, 3.8) is 0 Å². The number of piperidine rings is 2. The molecule has 0 aliphatic carbocycles. The highest BCUT2D eigenvalue weighted by atomic mass is 19.4. The summed E-state index contributed by atoms with van der Waals surface area (Å²) in [5, 5.41) is 0. The van der Waals surface area contributed by atoms with Crippen molar-refractivity contribution < 1.29 is 36.3 Å². The van der Waals surface area contributed by atoms with Crippen molar-refractivity contribution in [2.75, 3.05) is 26.2 Å². The minimum Gasteiger partial charge on any atom is -0.444 e. The molecule has 2 amide bonds. The number of likely N-dealkylation sites (tertiary alicyclic amines) is 2. The lowest BCUT2D eigenvalue weighted by molar-refractivity contribution is -0.173. The molecular weight excluding hydrogens is 375 g/mol.